The Hall–Kier alpha value is -0.860. The Morgan fingerprint density at radius 3 is 2.69 bits per heavy atom. The summed E-state index contributed by atoms with van der Waals surface area (Å²) in [6.07, 6.45) is 8.40. The van der Waals surface area contributed by atoms with E-state index in [1.54, 1.807) is 0 Å². The highest BCUT2D eigenvalue weighted by atomic mass is 16.2. The van der Waals surface area contributed by atoms with E-state index in [1.165, 1.54) is 18.6 Å². The summed E-state index contributed by atoms with van der Waals surface area (Å²) < 4.78 is 0. The fourth-order valence-corrected chi connectivity index (χ4v) is 1.94. The number of hydrazone groups is 1. The van der Waals surface area contributed by atoms with Gasteiger partial charge in [-0.05, 0) is 38.0 Å². The van der Waals surface area contributed by atoms with Gasteiger partial charge in [0.25, 0.3) is 0 Å². The Balaban J connectivity index is 2.17. The van der Waals surface area contributed by atoms with E-state index in [9.17, 15) is 4.79 Å². The SMILES string of the molecule is CCCCCC(=O)NN=C1CCC(C)CC1. The molecule has 0 aromatic rings. The number of rotatable bonds is 5. The maximum absolute atomic E-state index is 11.4. The number of hydrogen-bond donors (Lipinski definition) is 1. The van der Waals surface area contributed by atoms with Crippen molar-refractivity contribution in [3.8, 4) is 0 Å². The molecule has 1 amide bonds. The minimum absolute atomic E-state index is 0.0690. The molecule has 1 fully saturated rings. The van der Waals surface area contributed by atoms with Crippen LogP contribution in [0.3, 0.4) is 0 Å². The quantitative estimate of drug-likeness (QED) is 0.565. The number of carbonyl (C=O) groups is 1. The van der Waals surface area contributed by atoms with Gasteiger partial charge in [0.2, 0.25) is 5.91 Å². The number of carbonyl (C=O) groups excluding carboxylic acids is 1. The average Bonchev–Trinajstić information content (AvgIpc) is 2.29. The molecule has 0 spiro atoms. The molecule has 0 aliphatic heterocycles. The topological polar surface area (TPSA) is 41.5 Å². The highest BCUT2D eigenvalue weighted by molar-refractivity contribution is 5.86. The van der Waals surface area contributed by atoms with Crippen LogP contribution in [-0.2, 0) is 4.79 Å². The molecule has 3 nitrogen and oxygen atoms in total. The summed E-state index contributed by atoms with van der Waals surface area (Å²) in [6.45, 7) is 4.42. The maximum Gasteiger partial charge on any atom is 0.240 e. The van der Waals surface area contributed by atoms with Gasteiger partial charge in [-0.2, -0.15) is 5.10 Å². The summed E-state index contributed by atoms with van der Waals surface area (Å²) in [5.74, 6) is 0.888. The normalized spacial score (nSPS) is 20.6. The van der Waals surface area contributed by atoms with E-state index < -0.39 is 0 Å². The maximum atomic E-state index is 11.4. The third kappa shape index (κ3) is 5.29. The third-order valence-corrected chi connectivity index (χ3v) is 3.20. The van der Waals surface area contributed by atoms with Gasteiger partial charge in [0, 0.05) is 12.1 Å². The van der Waals surface area contributed by atoms with Gasteiger partial charge < -0.3 is 0 Å². The summed E-state index contributed by atoms with van der Waals surface area (Å²) in [7, 11) is 0. The van der Waals surface area contributed by atoms with Crippen molar-refractivity contribution in [3.05, 3.63) is 0 Å². The van der Waals surface area contributed by atoms with Crippen molar-refractivity contribution >= 4 is 11.6 Å². The molecule has 0 saturated heterocycles. The highest BCUT2D eigenvalue weighted by Gasteiger charge is 2.13. The van der Waals surface area contributed by atoms with Crippen LogP contribution in [0.25, 0.3) is 0 Å². The molecule has 3 heteroatoms. The second-order valence-electron chi connectivity index (χ2n) is 4.85. The van der Waals surface area contributed by atoms with Gasteiger partial charge in [-0.1, -0.05) is 26.7 Å². The van der Waals surface area contributed by atoms with Crippen LogP contribution in [0.15, 0.2) is 5.10 Å². The van der Waals surface area contributed by atoms with Crippen molar-refractivity contribution in [1.82, 2.24) is 5.43 Å². The number of nitrogens with one attached hydrogen (secondary N) is 1. The minimum Gasteiger partial charge on any atom is -0.273 e. The van der Waals surface area contributed by atoms with E-state index >= 15 is 0 Å². The molecule has 1 aliphatic carbocycles. The van der Waals surface area contributed by atoms with E-state index in [1.807, 2.05) is 0 Å². The second-order valence-corrected chi connectivity index (χ2v) is 4.85. The van der Waals surface area contributed by atoms with Crippen LogP contribution in [-0.4, -0.2) is 11.6 Å². The van der Waals surface area contributed by atoms with Crippen molar-refractivity contribution in [2.45, 2.75) is 65.2 Å². The van der Waals surface area contributed by atoms with E-state index in [0.717, 1.165) is 38.0 Å². The van der Waals surface area contributed by atoms with Crippen molar-refractivity contribution in [3.63, 3.8) is 0 Å². The lowest BCUT2D eigenvalue weighted by Gasteiger charge is -2.18. The molecule has 1 saturated carbocycles. The molecule has 0 heterocycles. The number of amides is 1. The highest BCUT2D eigenvalue weighted by Crippen LogP contribution is 2.20. The van der Waals surface area contributed by atoms with Gasteiger partial charge in [-0.3, -0.25) is 4.79 Å². The summed E-state index contributed by atoms with van der Waals surface area (Å²) in [6, 6.07) is 0. The minimum atomic E-state index is 0.0690. The number of nitrogens with zero attached hydrogens (tertiary/aromatic N) is 1. The van der Waals surface area contributed by atoms with E-state index in [-0.39, 0.29) is 5.91 Å². The first-order chi connectivity index (χ1) is 7.72. The molecular weight excluding hydrogens is 200 g/mol. The van der Waals surface area contributed by atoms with Crippen molar-refractivity contribution in [2.24, 2.45) is 11.0 Å². The molecule has 0 aromatic heterocycles. The predicted molar refractivity (Wildman–Crippen MR) is 67.4 cm³/mol. The lowest BCUT2D eigenvalue weighted by Crippen LogP contribution is -2.21. The lowest BCUT2D eigenvalue weighted by molar-refractivity contribution is -0.121. The largest absolute Gasteiger partial charge is 0.273 e. The Labute approximate surface area is 98.7 Å². The van der Waals surface area contributed by atoms with Crippen molar-refractivity contribution < 1.29 is 4.79 Å². The Kier molecular flexibility index (Phi) is 6.12. The average molecular weight is 224 g/mol. The summed E-state index contributed by atoms with van der Waals surface area (Å²) in [5.41, 5.74) is 3.84. The Morgan fingerprint density at radius 1 is 1.38 bits per heavy atom. The van der Waals surface area contributed by atoms with Crippen molar-refractivity contribution in [1.29, 1.82) is 0 Å². The molecule has 1 aliphatic rings. The molecule has 92 valence electrons. The van der Waals surface area contributed by atoms with Crippen LogP contribution in [0, 0.1) is 5.92 Å². The van der Waals surface area contributed by atoms with Gasteiger partial charge in [0.15, 0.2) is 0 Å². The van der Waals surface area contributed by atoms with Crippen LogP contribution in [0.2, 0.25) is 0 Å². The third-order valence-electron chi connectivity index (χ3n) is 3.20. The second kappa shape index (κ2) is 7.42. The van der Waals surface area contributed by atoms with Crippen LogP contribution < -0.4 is 5.43 Å². The molecule has 1 rings (SSSR count). The van der Waals surface area contributed by atoms with Gasteiger partial charge in [-0.15, -0.1) is 0 Å². The first-order valence-electron chi connectivity index (χ1n) is 6.56. The standard InChI is InChI=1S/C13H24N2O/c1-3-4-5-6-13(16)15-14-12-9-7-11(2)8-10-12/h11H,3-10H2,1-2H3,(H,15,16). The zero-order chi connectivity index (χ0) is 11.8. The van der Waals surface area contributed by atoms with Gasteiger partial charge in [0.05, 0.1) is 0 Å². The van der Waals surface area contributed by atoms with Crippen LogP contribution in [0.1, 0.15) is 65.2 Å². The van der Waals surface area contributed by atoms with Crippen LogP contribution in [0.4, 0.5) is 0 Å². The summed E-state index contributed by atoms with van der Waals surface area (Å²) >= 11 is 0. The van der Waals surface area contributed by atoms with Crippen LogP contribution >= 0.6 is 0 Å². The Morgan fingerprint density at radius 2 is 2.06 bits per heavy atom. The smallest absolute Gasteiger partial charge is 0.240 e. The first kappa shape index (κ1) is 13.2. The molecule has 0 atom stereocenters. The van der Waals surface area contributed by atoms with Crippen LogP contribution in [0.5, 0.6) is 0 Å². The molecule has 16 heavy (non-hydrogen) atoms. The summed E-state index contributed by atoms with van der Waals surface area (Å²) in [5, 5.41) is 4.21. The molecule has 0 unspecified atom stereocenters. The number of hydrogen-bond acceptors (Lipinski definition) is 2. The summed E-state index contributed by atoms with van der Waals surface area (Å²) in [4.78, 5) is 11.4. The fraction of sp³-hybridized carbons (Fsp3) is 0.846. The van der Waals surface area contributed by atoms with E-state index in [2.05, 4.69) is 24.4 Å². The zero-order valence-corrected chi connectivity index (χ0v) is 10.6. The van der Waals surface area contributed by atoms with Crippen molar-refractivity contribution in [2.75, 3.05) is 0 Å². The predicted octanol–water partition coefficient (Wildman–Crippen LogP) is 3.25. The monoisotopic (exact) mass is 224 g/mol. The molecule has 0 radical (unpaired) electrons. The van der Waals surface area contributed by atoms with E-state index in [4.69, 9.17) is 0 Å². The van der Waals surface area contributed by atoms with Gasteiger partial charge in [0.1, 0.15) is 0 Å². The zero-order valence-electron chi connectivity index (χ0n) is 10.6. The van der Waals surface area contributed by atoms with E-state index in [0.29, 0.717) is 6.42 Å². The first-order valence-corrected chi connectivity index (χ1v) is 6.56. The van der Waals surface area contributed by atoms with Gasteiger partial charge >= 0.3 is 0 Å². The number of unbranched alkanes of at least 4 members (excludes halogenated alkanes) is 2. The van der Waals surface area contributed by atoms with Gasteiger partial charge in [-0.25, -0.2) is 5.43 Å². The molecule has 1 N–H and O–H groups in total. The molecule has 0 bridgehead atoms. The Bertz CT molecular complexity index is 238. The molecule has 0 aromatic carbocycles. The lowest BCUT2D eigenvalue weighted by atomic mass is 9.90. The molecular formula is C13H24N2O. The fourth-order valence-electron chi connectivity index (χ4n) is 1.94.